The van der Waals surface area contributed by atoms with Gasteiger partial charge in [-0.1, -0.05) is 13.3 Å². The van der Waals surface area contributed by atoms with Crippen molar-refractivity contribution in [2.75, 3.05) is 20.2 Å². The fourth-order valence-electron chi connectivity index (χ4n) is 4.02. The van der Waals surface area contributed by atoms with E-state index in [4.69, 9.17) is 4.74 Å². The standard InChI is InChI=1S/C20H28N2O2/c1-5-15-8-6-7-11-22(15)13-19(23)20-14(2)21(3)18-10-9-16(24-4)12-17(18)20/h9-10,12,15H,5-8,11,13H2,1-4H3/t15-/m0/s1. The SMILES string of the molecule is CC[C@H]1CCCCN1CC(=O)c1c(C)n(C)c2ccc(OC)cc12. The Labute approximate surface area is 144 Å². The average Bonchev–Trinajstić information content (AvgIpc) is 2.85. The Morgan fingerprint density at radius 2 is 2.12 bits per heavy atom. The van der Waals surface area contributed by atoms with Crippen molar-refractivity contribution in [3.05, 3.63) is 29.5 Å². The summed E-state index contributed by atoms with van der Waals surface area (Å²) in [5.74, 6) is 1.03. The van der Waals surface area contributed by atoms with Gasteiger partial charge in [-0.25, -0.2) is 0 Å². The van der Waals surface area contributed by atoms with E-state index in [0.717, 1.165) is 40.9 Å². The molecular formula is C20H28N2O2. The number of ketones is 1. The zero-order chi connectivity index (χ0) is 17.3. The molecule has 0 spiro atoms. The van der Waals surface area contributed by atoms with Gasteiger partial charge in [-0.05, 0) is 50.9 Å². The molecule has 1 atom stereocenters. The maximum atomic E-state index is 13.1. The molecule has 130 valence electrons. The molecule has 1 aromatic carbocycles. The third-order valence-corrected chi connectivity index (χ3v) is 5.55. The van der Waals surface area contributed by atoms with E-state index >= 15 is 0 Å². The average molecular weight is 328 g/mol. The van der Waals surface area contributed by atoms with Crippen molar-refractivity contribution in [2.24, 2.45) is 7.05 Å². The Kier molecular flexibility index (Phi) is 4.95. The van der Waals surface area contributed by atoms with Gasteiger partial charge >= 0.3 is 0 Å². The molecule has 0 unspecified atom stereocenters. The summed E-state index contributed by atoms with van der Waals surface area (Å²) in [4.78, 5) is 15.5. The molecule has 0 aliphatic carbocycles. The maximum Gasteiger partial charge on any atom is 0.179 e. The van der Waals surface area contributed by atoms with Crippen LogP contribution in [0, 0.1) is 6.92 Å². The van der Waals surface area contributed by atoms with E-state index in [1.54, 1.807) is 7.11 Å². The molecule has 1 fully saturated rings. The number of Topliss-reactive ketones (excluding diaryl/α,β-unsaturated/α-hetero) is 1. The van der Waals surface area contributed by atoms with Crippen LogP contribution in [0.3, 0.4) is 0 Å². The van der Waals surface area contributed by atoms with Gasteiger partial charge in [0.05, 0.1) is 13.7 Å². The summed E-state index contributed by atoms with van der Waals surface area (Å²) in [6.07, 6.45) is 4.82. The molecule has 0 radical (unpaired) electrons. The zero-order valence-corrected chi connectivity index (χ0v) is 15.3. The van der Waals surface area contributed by atoms with Gasteiger partial charge in [-0.2, -0.15) is 0 Å². The summed E-state index contributed by atoms with van der Waals surface area (Å²) >= 11 is 0. The first-order valence-corrected chi connectivity index (χ1v) is 8.97. The Hall–Kier alpha value is -1.81. The van der Waals surface area contributed by atoms with Crippen molar-refractivity contribution in [2.45, 2.75) is 45.6 Å². The Balaban J connectivity index is 1.95. The summed E-state index contributed by atoms with van der Waals surface area (Å²) in [5, 5.41) is 1.00. The van der Waals surface area contributed by atoms with Crippen molar-refractivity contribution in [1.82, 2.24) is 9.47 Å². The number of methoxy groups -OCH3 is 1. The minimum atomic E-state index is 0.228. The van der Waals surface area contributed by atoms with Crippen molar-refractivity contribution >= 4 is 16.7 Å². The molecule has 0 bridgehead atoms. The normalized spacial score (nSPS) is 18.9. The van der Waals surface area contributed by atoms with Crippen molar-refractivity contribution < 1.29 is 9.53 Å². The van der Waals surface area contributed by atoms with Crippen LogP contribution in [0.1, 0.15) is 48.7 Å². The molecular weight excluding hydrogens is 300 g/mol. The molecule has 24 heavy (non-hydrogen) atoms. The number of ether oxygens (including phenoxy) is 1. The second-order valence-corrected chi connectivity index (χ2v) is 6.85. The lowest BCUT2D eigenvalue weighted by atomic mass is 9.98. The van der Waals surface area contributed by atoms with E-state index in [2.05, 4.69) is 16.4 Å². The quantitative estimate of drug-likeness (QED) is 0.780. The highest BCUT2D eigenvalue weighted by Gasteiger charge is 2.26. The Morgan fingerprint density at radius 1 is 1.33 bits per heavy atom. The van der Waals surface area contributed by atoms with Crippen LogP contribution in [0.4, 0.5) is 0 Å². The van der Waals surface area contributed by atoms with Gasteiger partial charge in [0.1, 0.15) is 5.75 Å². The van der Waals surface area contributed by atoms with Crippen molar-refractivity contribution in [1.29, 1.82) is 0 Å². The molecule has 3 rings (SSSR count). The van der Waals surface area contributed by atoms with E-state index in [9.17, 15) is 4.79 Å². The number of nitrogens with zero attached hydrogens (tertiary/aromatic N) is 2. The number of benzene rings is 1. The van der Waals surface area contributed by atoms with Crippen LogP contribution in [-0.2, 0) is 7.05 Å². The highest BCUT2D eigenvalue weighted by atomic mass is 16.5. The van der Waals surface area contributed by atoms with Crippen LogP contribution in [0.15, 0.2) is 18.2 Å². The van der Waals surface area contributed by atoms with Gasteiger partial charge in [-0.15, -0.1) is 0 Å². The summed E-state index contributed by atoms with van der Waals surface area (Å²) in [7, 11) is 3.69. The van der Waals surface area contributed by atoms with E-state index < -0.39 is 0 Å². The summed E-state index contributed by atoms with van der Waals surface area (Å²) in [5.41, 5.74) is 2.97. The van der Waals surface area contributed by atoms with Crippen LogP contribution in [0.25, 0.3) is 10.9 Å². The number of fused-ring (bicyclic) bond motifs is 1. The number of hydrogen-bond acceptors (Lipinski definition) is 3. The van der Waals surface area contributed by atoms with Gasteiger partial charge in [0, 0.05) is 35.2 Å². The predicted molar refractivity (Wildman–Crippen MR) is 98.0 cm³/mol. The number of hydrogen-bond donors (Lipinski definition) is 0. The first-order valence-electron chi connectivity index (χ1n) is 8.97. The molecule has 2 heterocycles. The van der Waals surface area contributed by atoms with Crippen LogP contribution >= 0.6 is 0 Å². The fraction of sp³-hybridized carbons (Fsp3) is 0.550. The first-order chi connectivity index (χ1) is 11.6. The van der Waals surface area contributed by atoms with Crippen LogP contribution in [0.2, 0.25) is 0 Å². The van der Waals surface area contributed by atoms with Gasteiger partial charge in [0.25, 0.3) is 0 Å². The zero-order valence-electron chi connectivity index (χ0n) is 15.3. The summed E-state index contributed by atoms with van der Waals surface area (Å²) in [6, 6.07) is 6.53. The van der Waals surface area contributed by atoms with E-state index in [1.165, 1.54) is 19.3 Å². The second kappa shape index (κ2) is 6.98. The Bertz CT molecular complexity index is 748. The molecule has 0 N–H and O–H groups in total. The van der Waals surface area contributed by atoms with E-state index in [-0.39, 0.29) is 5.78 Å². The largest absolute Gasteiger partial charge is 0.497 e. The molecule has 0 amide bonds. The lowest BCUT2D eigenvalue weighted by molar-refractivity contribution is 0.0839. The summed E-state index contributed by atoms with van der Waals surface area (Å²) < 4.78 is 7.47. The molecule has 4 nitrogen and oxygen atoms in total. The maximum absolute atomic E-state index is 13.1. The molecule has 1 aromatic heterocycles. The first kappa shape index (κ1) is 17.0. The highest BCUT2D eigenvalue weighted by molar-refractivity contribution is 6.10. The van der Waals surface area contributed by atoms with Crippen molar-refractivity contribution in [3.8, 4) is 5.75 Å². The lowest BCUT2D eigenvalue weighted by Crippen LogP contribution is -2.42. The minimum absolute atomic E-state index is 0.228. The van der Waals surface area contributed by atoms with E-state index in [1.807, 2.05) is 32.2 Å². The molecule has 1 saturated heterocycles. The number of rotatable bonds is 5. The van der Waals surface area contributed by atoms with Crippen molar-refractivity contribution in [3.63, 3.8) is 0 Å². The van der Waals surface area contributed by atoms with Crippen LogP contribution < -0.4 is 4.74 Å². The number of piperidine rings is 1. The molecule has 1 aliphatic heterocycles. The molecule has 1 aliphatic rings. The second-order valence-electron chi connectivity index (χ2n) is 6.85. The van der Waals surface area contributed by atoms with Gasteiger partial charge in [0.15, 0.2) is 5.78 Å². The molecule has 2 aromatic rings. The topological polar surface area (TPSA) is 34.5 Å². The highest BCUT2D eigenvalue weighted by Crippen LogP contribution is 2.30. The number of aryl methyl sites for hydroxylation is 1. The van der Waals surface area contributed by atoms with Crippen LogP contribution in [-0.4, -0.2) is 41.5 Å². The van der Waals surface area contributed by atoms with E-state index in [0.29, 0.717) is 12.6 Å². The van der Waals surface area contributed by atoms with Crippen LogP contribution in [0.5, 0.6) is 5.75 Å². The Morgan fingerprint density at radius 3 is 2.83 bits per heavy atom. The smallest absolute Gasteiger partial charge is 0.179 e. The molecule has 4 heteroatoms. The predicted octanol–water partition coefficient (Wildman–Crippen LogP) is 3.94. The monoisotopic (exact) mass is 328 g/mol. The number of aromatic nitrogens is 1. The fourth-order valence-corrected chi connectivity index (χ4v) is 4.02. The van der Waals surface area contributed by atoms with Gasteiger partial charge in [-0.3, -0.25) is 9.69 Å². The van der Waals surface area contributed by atoms with Gasteiger partial charge in [0.2, 0.25) is 0 Å². The molecule has 0 saturated carbocycles. The number of likely N-dealkylation sites (tertiary alicyclic amines) is 1. The third kappa shape index (κ3) is 2.95. The third-order valence-electron chi connectivity index (χ3n) is 5.55. The lowest BCUT2D eigenvalue weighted by Gasteiger charge is -2.34. The minimum Gasteiger partial charge on any atom is -0.497 e. The number of carbonyl (C=O) groups is 1. The number of carbonyl (C=O) groups excluding carboxylic acids is 1. The summed E-state index contributed by atoms with van der Waals surface area (Å²) in [6.45, 7) is 5.82. The van der Waals surface area contributed by atoms with Gasteiger partial charge < -0.3 is 9.30 Å².